The van der Waals surface area contributed by atoms with Crippen LogP contribution in [-0.2, 0) is 11.3 Å². The topological polar surface area (TPSA) is 106 Å². The number of nitriles is 1. The smallest absolute Gasteiger partial charge is 0.264 e. The van der Waals surface area contributed by atoms with Gasteiger partial charge >= 0.3 is 0 Å². The van der Waals surface area contributed by atoms with E-state index in [1.54, 1.807) is 10.7 Å². The van der Waals surface area contributed by atoms with E-state index in [1.807, 2.05) is 37.3 Å². The zero-order valence-electron chi connectivity index (χ0n) is 15.8. The summed E-state index contributed by atoms with van der Waals surface area (Å²) < 4.78 is 2.82. The van der Waals surface area contributed by atoms with E-state index in [0.29, 0.717) is 22.3 Å². The number of hydrogen-bond donors (Lipinski definition) is 1. The largest absolute Gasteiger partial charge is 0.324 e. The number of benzene rings is 2. The van der Waals surface area contributed by atoms with Crippen molar-refractivity contribution in [3.05, 3.63) is 81.5 Å². The van der Waals surface area contributed by atoms with E-state index in [1.165, 1.54) is 29.2 Å². The molecular weight excluding hydrogens is 404 g/mol. The lowest BCUT2D eigenvalue weighted by molar-refractivity contribution is -0.116. The van der Waals surface area contributed by atoms with Gasteiger partial charge in [-0.1, -0.05) is 29.8 Å². The first kappa shape index (κ1) is 19.4. The van der Waals surface area contributed by atoms with Gasteiger partial charge in [-0.3, -0.25) is 14.2 Å². The van der Waals surface area contributed by atoms with Gasteiger partial charge in [0.25, 0.3) is 5.56 Å². The second kappa shape index (κ2) is 7.81. The fourth-order valence-electron chi connectivity index (χ4n) is 3.08. The lowest BCUT2D eigenvalue weighted by Crippen LogP contribution is -2.27. The van der Waals surface area contributed by atoms with Crippen molar-refractivity contribution in [3.63, 3.8) is 0 Å². The Bertz CT molecular complexity index is 1380. The Morgan fingerprint density at radius 2 is 2.07 bits per heavy atom. The van der Waals surface area contributed by atoms with Crippen LogP contribution in [0.5, 0.6) is 0 Å². The Morgan fingerprint density at radius 1 is 1.27 bits per heavy atom. The van der Waals surface area contributed by atoms with Crippen LogP contribution in [-0.4, -0.2) is 25.2 Å². The number of aromatic nitrogens is 4. The number of halogens is 1. The molecule has 0 radical (unpaired) electrons. The summed E-state index contributed by atoms with van der Waals surface area (Å²) in [5.74, 6) is -0.426. The molecule has 2 aromatic heterocycles. The molecule has 9 heteroatoms. The number of rotatable bonds is 4. The third-order valence-electron chi connectivity index (χ3n) is 4.59. The monoisotopic (exact) mass is 418 g/mol. The van der Waals surface area contributed by atoms with Crippen molar-refractivity contribution in [2.45, 2.75) is 13.5 Å². The molecule has 0 fully saturated rings. The van der Waals surface area contributed by atoms with Crippen molar-refractivity contribution >= 4 is 34.2 Å². The van der Waals surface area contributed by atoms with Gasteiger partial charge in [-0.25, -0.2) is 9.67 Å². The Hall–Kier alpha value is -3.96. The first-order chi connectivity index (χ1) is 14.5. The molecule has 2 heterocycles. The number of hydrogen-bond acceptors (Lipinski definition) is 5. The quantitative estimate of drug-likeness (QED) is 0.548. The van der Waals surface area contributed by atoms with E-state index in [4.69, 9.17) is 16.9 Å². The second-order valence-corrected chi connectivity index (χ2v) is 7.02. The number of nitrogens with one attached hydrogen (secondary N) is 1. The number of fused-ring (bicyclic) bond motifs is 1. The molecule has 4 rings (SSSR count). The zero-order chi connectivity index (χ0) is 21.3. The molecule has 148 valence electrons. The normalized spacial score (nSPS) is 10.7. The molecule has 4 aromatic rings. The molecule has 0 saturated heterocycles. The highest BCUT2D eigenvalue weighted by Crippen LogP contribution is 2.20. The highest BCUT2D eigenvalue weighted by Gasteiger charge is 2.14. The molecule has 0 bridgehead atoms. The van der Waals surface area contributed by atoms with Gasteiger partial charge in [0.05, 0.1) is 22.5 Å². The molecular formula is C21H15ClN6O2. The molecule has 0 aliphatic rings. The van der Waals surface area contributed by atoms with E-state index in [2.05, 4.69) is 15.4 Å². The van der Waals surface area contributed by atoms with Crippen LogP contribution < -0.4 is 10.9 Å². The van der Waals surface area contributed by atoms with E-state index in [0.717, 1.165) is 11.3 Å². The van der Waals surface area contributed by atoms with Gasteiger partial charge in [0, 0.05) is 5.69 Å². The van der Waals surface area contributed by atoms with Crippen molar-refractivity contribution < 1.29 is 4.79 Å². The van der Waals surface area contributed by atoms with Gasteiger partial charge in [0.15, 0.2) is 5.65 Å². The minimum atomic E-state index is -0.426. The first-order valence-electron chi connectivity index (χ1n) is 8.96. The number of amides is 1. The summed E-state index contributed by atoms with van der Waals surface area (Å²) in [6, 6.07) is 14.2. The number of nitrogens with zero attached hydrogens (tertiary/aromatic N) is 5. The van der Waals surface area contributed by atoms with Crippen LogP contribution in [0.15, 0.2) is 59.8 Å². The van der Waals surface area contributed by atoms with Crippen LogP contribution in [0.2, 0.25) is 5.02 Å². The third-order valence-corrected chi connectivity index (χ3v) is 4.90. The highest BCUT2D eigenvalue weighted by atomic mass is 35.5. The second-order valence-electron chi connectivity index (χ2n) is 6.61. The maximum atomic E-state index is 12.8. The van der Waals surface area contributed by atoms with E-state index < -0.39 is 5.91 Å². The molecule has 1 N–H and O–H groups in total. The average molecular weight is 419 g/mol. The molecule has 1 amide bonds. The van der Waals surface area contributed by atoms with Crippen LogP contribution in [0.1, 0.15) is 11.1 Å². The molecule has 8 nitrogen and oxygen atoms in total. The Balaban J connectivity index is 1.60. The van der Waals surface area contributed by atoms with Crippen molar-refractivity contribution in [2.24, 2.45) is 0 Å². The number of anilines is 1. The molecule has 0 unspecified atom stereocenters. The Labute approximate surface area is 176 Å². The minimum Gasteiger partial charge on any atom is -0.324 e. The van der Waals surface area contributed by atoms with Crippen LogP contribution in [0.25, 0.3) is 16.7 Å². The lowest BCUT2D eigenvalue weighted by Gasteiger charge is -2.09. The Kier molecular flexibility index (Phi) is 5.04. The van der Waals surface area contributed by atoms with E-state index >= 15 is 0 Å². The van der Waals surface area contributed by atoms with Gasteiger partial charge in [-0.2, -0.15) is 10.4 Å². The number of carbonyl (C=O) groups excluding carboxylic acids is 1. The summed E-state index contributed by atoms with van der Waals surface area (Å²) >= 11 is 5.98. The van der Waals surface area contributed by atoms with Gasteiger partial charge in [0.2, 0.25) is 5.91 Å². The standard InChI is InChI=1S/C21H15ClN6O2/c1-13-4-2-3-5-18(13)28-20-16(10-25-28)21(30)27(12-24-20)11-19(29)26-15-7-6-14(9-23)17(22)8-15/h2-8,10,12H,11H2,1H3,(H,26,29). The predicted molar refractivity (Wildman–Crippen MR) is 113 cm³/mol. The van der Waals surface area contributed by atoms with Gasteiger partial charge in [0.1, 0.15) is 24.3 Å². The SMILES string of the molecule is Cc1ccccc1-n1ncc2c(=O)n(CC(=O)Nc3ccc(C#N)c(Cl)c3)cnc21. The minimum absolute atomic E-state index is 0.227. The number of para-hydroxylation sites is 1. The summed E-state index contributed by atoms with van der Waals surface area (Å²) in [6.07, 6.45) is 2.78. The molecule has 2 aromatic carbocycles. The van der Waals surface area contributed by atoms with Crippen molar-refractivity contribution in [2.75, 3.05) is 5.32 Å². The lowest BCUT2D eigenvalue weighted by atomic mass is 10.2. The van der Waals surface area contributed by atoms with Crippen LogP contribution in [0.3, 0.4) is 0 Å². The van der Waals surface area contributed by atoms with Crippen LogP contribution >= 0.6 is 11.6 Å². The summed E-state index contributed by atoms with van der Waals surface area (Å²) in [6.45, 7) is 1.72. The predicted octanol–water partition coefficient (Wildman–Crippen LogP) is 3.05. The maximum absolute atomic E-state index is 12.8. The van der Waals surface area contributed by atoms with Gasteiger partial charge in [-0.05, 0) is 36.8 Å². The van der Waals surface area contributed by atoms with Crippen molar-refractivity contribution in [1.82, 2.24) is 19.3 Å². The van der Waals surface area contributed by atoms with Crippen molar-refractivity contribution in [3.8, 4) is 11.8 Å². The fraction of sp³-hybridized carbons (Fsp3) is 0.0952. The molecule has 30 heavy (non-hydrogen) atoms. The number of aryl methyl sites for hydroxylation is 1. The summed E-state index contributed by atoms with van der Waals surface area (Å²) in [5.41, 5.74) is 2.61. The van der Waals surface area contributed by atoms with Crippen LogP contribution in [0.4, 0.5) is 5.69 Å². The van der Waals surface area contributed by atoms with E-state index in [9.17, 15) is 9.59 Å². The molecule has 0 aliphatic carbocycles. The summed E-state index contributed by atoms with van der Waals surface area (Å²) in [4.78, 5) is 29.5. The first-order valence-corrected chi connectivity index (χ1v) is 9.34. The molecule has 0 aliphatic heterocycles. The van der Waals surface area contributed by atoms with E-state index in [-0.39, 0.29) is 17.1 Å². The van der Waals surface area contributed by atoms with Gasteiger partial charge in [-0.15, -0.1) is 0 Å². The molecule has 0 spiro atoms. The van der Waals surface area contributed by atoms with Crippen molar-refractivity contribution in [1.29, 1.82) is 5.26 Å². The highest BCUT2D eigenvalue weighted by molar-refractivity contribution is 6.32. The Morgan fingerprint density at radius 3 is 2.80 bits per heavy atom. The molecule has 0 atom stereocenters. The summed E-state index contributed by atoms with van der Waals surface area (Å²) in [5, 5.41) is 16.4. The number of carbonyl (C=O) groups is 1. The van der Waals surface area contributed by atoms with Gasteiger partial charge < -0.3 is 5.32 Å². The maximum Gasteiger partial charge on any atom is 0.264 e. The average Bonchev–Trinajstić information content (AvgIpc) is 3.15. The zero-order valence-corrected chi connectivity index (χ0v) is 16.6. The third kappa shape index (κ3) is 3.54. The van der Waals surface area contributed by atoms with Crippen LogP contribution in [0, 0.1) is 18.3 Å². The summed E-state index contributed by atoms with van der Waals surface area (Å²) in [7, 11) is 0. The molecule has 0 saturated carbocycles. The fourth-order valence-corrected chi connectivity index (χ4v) is 3.30.